The van der Waals surface area contributed by atoms with E-state index in [9.17, 15) is 8.42 Å². The van der Waals surface area contributed by atoms with Gasteiger partial charge < -0.3 is 10.2 Å². The molecular formula is C17H21IN4O2S. The number of aliphatic imine (C=N–C) groups is 1. The van der Waals surface area contributed by atoms with Crippen molar-refractivity contribution >= 4 is 45.6 Å². The van der Waals surface area contributed by atoms with E-state index in [1.807, 2.05) is 18.2 Å². The first kappa shape index (κ1) is 19.7. The zero-order valence-corrected chi connectivity index (χ0v) is 17.0. The lowest BCUT2D eigenvalue weighted by atomic mass is 10.2. The van der Waals surface area contributed by atoms with Crippen LogP contribution in [-0.4, -0.2) is 28.0 Å². The molecule has 0 saturated carbocycles. The van der Waals surface area contributed by atoms with E-state index in [1.54, 1.807) is 19.2 Å². The van der Waals surface area contributed by atoms with Crippen molar-refractivity contribution in [3.8, 4) is 0 Å². The van der Waals surface area contributed by atoms with Gasteiger partial charge in [0.25, 0.3) is 0 Å². The van der Waals surface area contributed by atoms with Crippen LogP contribution < -0.4 is 15.4 Å². The lowest BCUT2D eigenvalue weighted by molar-refractivity contribution is 0.597. The molecule has 0 saturated heterocycles. The summed E-state index contributed by atoms with van der Waals surface area (Å²) in [5.41, 5.74) is 3.29. The standard InChI is InChI=1S/C17H20N4O2S.HI/c1-19-17(21-10-9-14-6-2-3-8-16(14)21)20-12-13-5-4-7-15(11-13)24(18,22)23;/h2-8,11H,9-10,12H2,1H3,(H,19,20)(H2,18,22,23);1H. The topological polar surface area (TPSA) is 87.8 Å². The predicted octanol–water partition coefficient (Wildman–Crippen LogP) is 2.09. The average Bonchev–Trinajstić information content (AvgIpc) is 2.99. The van der Waals surface area contributed by atoms with Gasteiger partial charge in [-0.1, -0.05) is 30.3 Å². The van der Waals surface area contributed by atoms with Crippen LogP contribution in [0.5, 0.6) is 0 Å². The molecule has 0 aliphatic carbocycles. The molecule has 25 heavy (non-hydrogen) atoms. The number of nitrogens with one attached hydrogen (secondary N) is 1. The largest absolute Gasteiger partial charge is 0.352 e. The number of benzene rings is 2. The van der Waals surface area contributed by atoms with Crippen LogP contribution in [0.3, 0.4) is 0 Å². The fraction of sp³-hybridized carbons (Fsp3) is 0.235. The van der Waals surface area contributed by atoms with Gasteiger partial charge in [-0.3, -0.25) is 4.99 Å². The zero-order chi connectivity index (χ0) is 17.2. The summed E-state index contributed by atoms with van der Waals surface area (Å²) in [6.07, 6.45) is 0.984. The number of anilines is 1. The fourth-order valence-corrected chi connectivity index (χ4v) is 3.45. The number of para-hydroxylation sites is 1. The second kappa shape index (κ2) is 8.15. The molecule has 0 bridgehead atoms. The first-order valence-corrected chi connectivity index (χ1v) is 9.21. The molecule has 0 spiro atoms. The molecule has 0 amide bonds. The Bertz CT molecular complexity index is 884. The van der Waals surface area contributed by atoms with E-state index < -0.39 is 10.0 Å². The molecule has 0 atom stereocenters. The van der Waals surface area contributed by atoms with Crippen LogP contribution in [0.2, 0.25) is 0 Å². The minimum atomic E-state index is -3.69. The number of hydrogen-bond donors (Lipinski definition) is 2. The molecule has 2 aromatic rings. The number of primary sulfonamides is 1. The van der Waals surface area contributed by atoms with E-state index in [0.29, 0.717) is 6.54 Å². The number of fused-ring (bicyclic) bond motifs is 1. The van der Waals surface area contributed by atoms with Gasteiger partial charge in [0.2, 0.25) is 10.0 Å². The number of sulfonamides is 1. The maximum Gasteiger partial charge on any atom is 0.238 e. The molecule has 1 aliphatic heterocycles. The molecule has 0 fully saturated rings. The Balaban J connectivity index is 0.00000225. The van der Waals surface area contributed by atoms with Crippen molar-refractivity contribution in [2.45, 2.75) is 17.9 Å². The summed E-state index contributed by atoms with van der Waals surface area (Å²) < 4.78 is 22.9. The Labute approximate surface area is 165 Å². The molecule has 3 rings (SSSR count). The number of halogens is 1. The first-order chi connectivity index (χ1) is 11.5. The Morgan fingerprint density at radius 2 is 2.00 bits per heavy atom. The van der Waals surface area contributed by atoms with Gasteiger partial charge >= 0.3 is 0 Å². The zero-order valence-electron chi connectivity index (χ0n) is 13.8. The quantitative estimate of drug-likeness (QED) is 0.407. The van der Waals surface area contributed by atoms with E-state index in [4.69, 9.17) is 5.14 Å². The second-order valence-electron chi connectivity index (χ2n) is 5.62. The highest BCUT2D eigenvalue weighted by molar-refractivity contribution is 14.0. The Morgan fingerprint density at radius 3 is 2.72 bits per heavy atom. The van der Waals surface area contributed by atoms with Crippen LogP contribution in [0.25, 0.3) is 0 Å². The summed E-state index contributed by atoms with van der Waals surface area (Å²) in [4.78, 5) is 6.60. The van der Waals surface area contributed by atoms with Crippen LogP contribution >= 0.6 is 24.0 Å². The lowest BCUT2D eigenvalue weighted by Crippen LogP contribution is -2.40. The van der Waals surface area contributed by atoms with Crippen LogP contribution in [0.1, 0.15) is 11.1 Å². The SMILES string of the molecule is CN=C(NCc1cccc(S(N)(=O)=O)c1)N1CCc2ccccc21.I. The average molecular weight is 472 g/mol. The number of nitrogens with zero attached hydrogens (tertiary/aromatic N) is 2. The summed E-state index contributed by atoms with van der Waals surface area (Å²) in [5, 5.41) is 8.47. The number of guanidine groups is 1. The molecule has 0 unspecified atom stereocenters. The van der Waals surface area contributed by atoms with Crippen LogP contribution in [0, 0.1) is 0 Å². The van der Waals surface area contributed by atoms with Crippen molar-refractivity contribution in [3.63, 3.8) is 0 Å². The van der Waals surface area contributed by atoms with Gasteiger partial charge in [0, 0.05) is 25.8 Å². The van der Waals surface area contributed by atoms with E-state index in [0.717, 1.165) is 30.2 Å². The molecule has 6 nitrogen and oxygen atoms in total. The van der Waals surface area contributed by atoms with Gasteiger partial charge in [-0.2, -0.15) is 0 Å². The molecular weight excluding hydrogens is 451 g/mol. The van der Waals surface area contributed by atoms with Crippen LogP contribution in [-0.2, 0) is 23.0 Å². The highest BCUT2D eigenvalue weighted by Gasteiger charge is 2.22. The van der Waals surface area contributed by atoms with Crippen molar-refractivity contribution in [2.75, 3.05) is 18.5 Å². The summed E-state index contributed by atoms with van der Waals surface area (Å²) in [5.74, 6) is 0.765. The third-order valence-electron chi connectivity index (χ3n) is 4.03. The predicted molar refractivity (Wildman–Crippen MR) is 111 cm³/mol. The van der Waals surface area contributed by atoms with E-state index in [1.165, 1.54) is 11.6 Å². The van der Waals surface area contributed by atoms with Gasteiger partial charge in [-0.25, -0.2) is 13.6 Å². The van der Waals surface area contributed by atoms with Crippen LogP contribution in [0.4, 0.5) is 5.69 Å². The molecule has 1 aliphatic rings. The molecule has 134 valence electrons. The van der Waals surface area contributed by atoms with E-state index in [-0.39, 0.29) is 28.9 Å². The minimum absolute atomic E-state index is 0. The van der Waals surface area contributed by atoms with Crippen LogP contribution in [0.15, 0.2) is 58.4 Å². The van der Waals surface area contributed by atoms with Gasteiger partial charge in [0.15, 0.2) is 5.96 Å². The highest BCUT2D eigenvalue weighted by atomic mass is 127. The number of hydrogen-bond acceptors (Lipinski definition) is 3. The molecule has 1 heterocycles. The Kier molecular flexibility index (Phi) is 6.42. The van der Waals surface area contributed by atoms with Crippen molar-refractivity contribution < 1.29 is 8.42 Å². The summed E-state index contributed by atoms with van der Waals surface area (Å²) in [6.45, 7) is 1.34. The number of nitrogens with two attached hydrogens (primary N) is 1. The summed E-state index contributed by atoms with van der Waals surface area (Å²) in [7, 11) is -1.95. The third kappa shape index (κ3) is 4.50. The maximum atomic E-state index is 11.5. The van der Waals surface area contributed by atoms with Crippen molar-refractivity contribution in [3.05, 3.63) is 59.7 Å². The molecule has 0 aromatic heterocycles. The first-order valence-electron chi connectivity index (χ1n) is 7.67. The van der Waals surface area contributed by atoms with E-state index in [2.05, 4.69) is 27.3 Å². The maximum absolute atomic E-state index is 11.5. The molecule has 3 N–H and O–H groups in total. The Morgan fingerprint density at radius 1 is 1.24 bits per heavy atom. The minimum Gasteiger partial charge on any atom is -0.352 e. The Hall–Kier alpha value is -1.65. The number of rotatable bonds is 3. The second-order valence-corrected chi connectivity index (χ2v) is 7.18. The van der Waals surface area contributed by atoms with Crippen molar-refractivity contribution in [1.29, 1.82) is 0 Å². The lowest BCUT2D eigenvalue weighted by Gasteiger charge is -2.22. The molecule has 8 heteroatoms. The third-order valence-corrected chi connectivity index (χ3v) is 4.94. The molecule has 2 aromatic carbocycles. The summed E-state index contributed by atoms with van der Waals surface area (Å²) >= 11 is 0. The van der Waals surface area contributed by atoms with Gasteiger partial charge in [0.05, 0.1) is 4.90 Å². The molecule has 0 radical (unpaired) electrons. The van der Waals surface area contributed by atoms with Crippen molar-refractivity contribution in [1.82, 2.24) is 5.32 Å². The van der Waals surface area contributed by atoms with Crippen molar-refractivity contribution in [2.24, 2.45) is 10.1 Å². The fourth-order valence-electron chi connectivity index (χ4n) is 2.87. The highest BCUT2D eigenvalue weighted by Crippen LogP contribution is 2.27. The normalized spacial score (nSPS) is 14.0. The van der Waals surface area contributed by atoms with Gasteiger partial charge in [-0.05, 0) is 35.7 Å². The van der Waals surface area contributed by atoms with Gasteiger partial charge in [0.1, 0.15) is 0 Å². The smallest absolute Gasteiger partial charge is 0.238 e. The van der Waals surface area contributed by atoms with Gasteiger partial charge in [-0.15, -0.1) is 24.0 Å². The summed E-state index contributed by atoms with van der Waals surface area (Å²) in [6, 6.07) is 14.9. The van der Waals surface area contributed by atoms with E-state index >= 15 is 0 Å². The monoisotopic (exact) mass is 472 g/mol.